The second-order valence-corrected chi connectivity index (χ2v) is 6.08. The topological polar surface area (TPSA) is 49.3 Å². The van der Waals surface area contributed by atoms with E-state index in [1.165, 1.54) is 25.3 Å². The lowest BCUT2D eigenvalue weighted by Crippen LogP contribution is -2.33. The van der Waals surface area contributed by atoms with Crippen LogP contribution in [0.25, 0.3) is 0 Å². The van der Waals surface area contributed by atoms with Crippen LogP contribution in [0.15, 0.2) is 18.2 Å². The van der Waals surface area contributed by atoms with Gasteiger partial charge in [-0.05, 0) is 48.8 Å². The van der Waals surface area contributed by atoms with Gasteiger partial charge in [0.25, 0.3) is 0 Å². The molecule has 0 radical (unpaired) electrons. The van der Waals surface area contributed by atoms with Crippen LogP contribution < -0.4 is 5.32 Å². The molecule has 0 aromatic heterocycles. The van der Waals surface area contributed by atoms with Crippen molar-refractivity contribution in [2.24, 2.45) is 17.8 Å². The summed E-state index contributed by atoms with van der Waals surface area (Å²) in [7, 11) is 0. The van der Waals surface area contributed by atoms with Crippen LogP contribution in [0.2, 0.25) is 0 Å². The number of rotatable bonds is 4. The van der Waals surface area contributed by atoms with Crippen molar-refractivity contribution < 1.29 is 14.3 Å². The molecule has 0 spiro atoms. The fourth-order valence-electron chi connectivity index (χ4n) is 3.75. The van der Waals surface area contributed by atoms with Gasteiger partial charge in [-0.3, -0.25) is 4.79 Å². The van der Waals surface area contributed by atoms with Crippen LogP contribution >= 0.6 is 0 Å². The van der Waals surface area contributed by atoms with E-state index in [0.717, 1.165) is 17.9 Å². The zero-order chi connectivity index (χ0) is 14.1. The molecule has 2 N–H and O–H groups in total. The van der Waals surface area contributed by atoms with Gasteiger partial charge in [0.1, 0.15) is 5.82 Å². The molecule has 2 aliphatic carbocycles. The molecule has 2 aliphatic rings. The summed E-state index contributed by atoms with van der Waals surface area (Å²) >= 11 is 0. The molecular weight excluding hydrogens is 257 g/mol. The molecule has 2 bridgehead atoms. The van der Waals surface area contributed by atoms with E-state index in [0.29, 0.717) is 12.5 Å². The third kappa shape index (κ3) is 2.57. The van der Waals surface area contributed by atoms with E-state index in [-0.39, 0.29) is 24.0 Å². The van der Waals surface area contributed by atoms with Crippen LogP contribution in [0.4, 0.5) is 4.39 Å². The Morgan fingerprint density at radius 1 is 1.35 bits per heavy atom. The number of fused-ring (bicyclic) bond motifs is 2. The van der Waals surface area contributed by atoms with Gasteiger partial charge < -0.3 is 10.4 Å². The smallest absolute Gasteiger partial charge is 0.223 e. The lowest BCUT2D eigenvalue weighted by molar-refractivity contribution is -0.126. The maximum absolute atomic E-state index is 13.3. The number of aliphatic hydroxyl groups excluding tert-OH is 1. The predicted octanol–water partition coefficient (Wildman–Crippen LogP) is 2.37. The highest BCUT2D eigenvalue weighted by Crippen LogP contribution is 2.48. The Morgan fingerprint density at radius 2 is 2.20 bits per heavy atom. The summed E-state index contributed by atoms with van der Waals surface area (Å²) < 4.78 is 13.3. The van der Waals surface area contributed by atoms with Gasteiger partial charge in [0.2, 0.25) is 5.91 Å². The molecule has 1 amide bonds. The number of hydrogen-bond donors (Lipinski definition) is 2. The monoisotopic (exact) mass is 277 g/mol. The van der Waals surface area contributed by atoms with E-state index in [4.69, 9.17) is 5.11 Å². The Hall–Kier alpha value is -1.42. The summed E-state index contributed by atoms with van der Waals surface area (Å²) in [6.45, 7) is 0.0833. The Kier molecular flexibility index (Phi) is 3.74. The summed E-state index contributed by atoms with van der Waals surface area (Å²) in [5.41, 5.74) is 1.10. The molecule has 3 unspecified atom stereocenters. The number of carbonyl (C=O) groups excluding carboxylic acids is 1. The molecular formula is C16H20FNO2. The lowest BCUT2D eigenvalue weighted by Gasteiger charge is -2.20. The van der Waals surface area contributed by atoms with Gasteiger partial charge in [0.15, 0.2) is 0 Å². The SMILES string of the molecule is O=C(NCc1ccc(F)c(CO)c1)C1CC2CCC1C2. The number of halogens is 1. The van der Waals surface area contributed by atoms with Crippen molar-refractivity contribution in [1.29, 1.82) is 0 Å². The molecule has 3 rings (SSSR count). The number of hydrogen-bond acceptors (Lipinski definition) is 2. The molecule has 1 aromatic carbocycles. The Balaban J connectivity index is 1.58. The molecule has 3 nitrogen and oxygen atoms in total. The molecule has 4 heteroatoms. The van der Waals surface area contributed by atoms with Crippen molar-refractivity contribution in [3.63, 3.8) is 0 Å². The molecule has 0 aliphatic heterocycles. The lowest BCUT2D eigenvalue weighted by atomic mass is 9.88. The number of amides is 1. The molecule has 1 aromatic rings. The van der Waals surface area contributed by atoms with Crippen molar-refractivity contribution in [2.45, 2.75) is 38.8 Å². The van der Waals surface area contributed by atoms with Gasteiger partial charge in [-0.15, -0.1) is 0 Å². The molecule has 0 heterocycles. The van der Waals surface area contributed by atoms with Crippen molar-refractivity contribution in [3.05, 3.63) is 35.1 Å². The van der Waals surface area contributed by atoms with E-state index < -0.39 is 5.82 Å². The molecule has 2 saturated carbocycles. The average Bonchev–Trinajstić information content (AvgIpc) is 3.08. The van der Waals surface area contributed by atoms with Crippen molar-refractivity contribution >= 4 is 5.91 Å². The first-order chi connectivity index (χ1) is 9.67. The molecule has 0 saturated heterocycles. The van der Waals surface area contributed by atoms with E-state index in [1.54, 1.807) is 12.1 Å². The van der Waals surface area contributed by atoms with Gasteiger partial charge in [-0.25, -0.2) is 4.39 Å². The third-order valence-corrected chi connectivity index (χ3v) is 4.82. The number of carbonyl (C=O) groups is 1. The van der Waals surface area contributed by atoms with Gasteiger partial charge >= 0.3 is 0 Å². The summed E-state index contributed by atoms with van der Waals surface area (Å²) in [4.78, 5) is 12.2. The minimum absolute atomic E-state index is 0.132. The van der Waals surface area contributed by atoms with Crippen molar-refractivity contribution in [1.82, 2.24) is 5.32 Å². The Morgan fingerprint density at radius 3 is 2.85 bits per heavy atom. The maximum atomic E-state index is 13.3. The second-order valence-electron chi connectivity index (χ2n) is 6.08. The van der Waals surface area contributed by atoms with E-state index in [1.807, 2.05) is 0 Å². The highest BCUT2D eigenvalue weighted by atomic mass is 19.1. The van der Waals surface area contributed by atoms with Gasteiger partial charge in [0.05, 0.1) is 6.61 Å². The molecule has 20 heavy (non-hydrogen) atoms. The average molecular weight is 277 g/mol. The van der Waals surface area contributed by atoms with Crippen LogP contribution in [0.5, 0.6) is 0 Å². The first-order valence-corrected chi connectivity index (χ1v) is 7.33. The third-order valence-electron chi connectivity index (χ3n) is 4.82. The predicted molar refractivity (Wildman–Crippen MR) is 73.1 cm³/mol. The zero-order valence-electron chi connectivity index (χ0n) is 11.4. The molecule has 2 fully saturated rings. The van der Waals surface area contributed by atoms with E-state index in [9.17, 15) is 9.18 Å². The summed E-state index contributed by atoms with van der Waals surface area (Å²) in [5.74, 6) is 1.22. The van der Waals surface area contributed by atoms with E-state index in [2.05, 4.69) is 5.32 Å². The number of aliphatic hydroxyl groups is 1. The minimum Gasteiger partial charge on any atom is -0.392 e. The Labute approximate surface area is 118 Å². The van der Waals surface area contributed by atoms with Crippen LogP contribution in [0.3, 0.4) is 0 Å². The van der Waals surface area contributed by atoms with Crippen LogP contribution in [0, 0.1) is 23.6 Å². The Bertz CT molecular complexity index is 517. The summed E-state index contributed by atoms with van der Waals surface area (Å²) in [5, 5.41) is 12.0. The van der Waals surface area contributed by atoms with Gasteiger partial charge in [0, 0.05) is 18.0 Å². The van der Waals surface area contributed by atoms with Crippen LogP contribution in [-0.4, -0.2) is 11.0 Å². The highest BCUT2D eigenvalue weighted by Gasteiger charge is 2.42. The standard InChI is InChI=1S/C16H20FNO2/c17-15-4-2-11(6-13(15)9-19)8-18-16(20)14-7-10-1-3-12(14)5-10/h2,4,6,10,12,14,19H,1,3,5,7-9H2,(H,18,20). The maximum Gasteiger partial charge on any atom is 0.223 e. The quantitative estimate of drug-likeness (QED) is 0.887. The first-order valence-electron chi connectivity index (χ1n) is 7.33. The van der Waals surface area contributed by atoms with Crippen LogP contribution in [0.1, 0.15) is 36.8 Å². The first kappa shape index (κ1) is 13.6. The molecule has 108 valence electrons. The molecule has 3 atom stereocenters. The highest BCUT2D eigenvalue weighted by molar-refractivity contribution is 5.79. The fraction of sp³-hybridized carbons (Fsp3) is 0.562. The number of nitrogens with one attached hydrogen (secondary N) is 1. The van der Waals surface area contributed by atoms with E-state index >= 15 is 0 Å². The van der Waals surface area contributed by atoms with Gasteiger partial charge in [-0.2, -0.15) is 0 Å². The second kappa shape index (κ2) is 5.52. The normalized spacial score (nSPS) is 27.8. The summed E-state index contributed by atoms with van der Waals surface area (Å²) in [6.07, 6.45) is 4.71. The van der Waals surface area contributed by atoms with Crippen molar-refractivity contribution in [3.8, 4) is 0 Å². The van der Waals surface area contributed by atoms with Crippen LogP contribution in [-0.2, 0) is 17.9 Å². The van der Waals surface area contributed by atoms with Gasteiger partial charge in [-0.1, -0.05) is 12.5 Å². The minimum atomic E-state index is -0.407. The fourth-order valence-corrected chi connectivity index (χ4v) is 3.75. The van der Waals surface area contributed by atoms with Crippen molar-refractivity contribution in [2.75, 3.05) is 0 Å². The zero-order valence-corrected chi connectivity index (χ0v) is 11.4. The summed E-state index contributed by atoms with van der Waals surface area (Å²) in [6, 6.07) is 4.59. The largest absolute Gasteiger partial charge is 0.392 e. The number of benzene rings is 1.